The van der Waals surface area contributed by atoms with Gasteiger partial charge in [-0.2, -0.15) is 0 Å². The third-order valence-corrected chi connectivity index (χ3v) is 6.13. The molecule has 2 aliphatic rings. The minimum absolute atomic E-state index is 0.0713. The number of likely N-dealkylation sites (tertiary alicyclic amines) is 2. The van der Waals surface area contributed by atoms with E-state index >= 15 is 0 Å². The van der Waals surface area contributed by atoms with Crippen LogP contribution in [0.2, 0.25) is 0 Å². The van der Waals surface area contributed by atoms with Crippen molar-refractivity contribution in [2.45, 2.75) is 25.8 Å². The maximum absolute atomic E-state index is 14.0. The number of piperidine rings is 1. The molecule has 2 aromatic carbocycles. The van der Waals surface area contributed by atoms with Crippen molar-refractivity contribution in [2.75, 3.05) is 33.3 Å². The molecular weight excluding hydrogens is 355 g/mol. The largest absolute Gasteiger partial charge is 0.497 e. The van der Waals surface area contributed by atoms with Crippen LogP contribution in [0.3, 0.4) is 0 Å². The van der Waals surface area contributed by atoms with Crippen molar-refractivity contribution < 1.29 is 13.9 Å². The van der Waals surface area contributed by atoms with Crippen molar-refractivity contribution in [3.8, 4) is 5.75 Å². The zero-order valence-corrected chi connectivity index (χ0v) is 16.4. The topological polar surface area (TPSA) is 32.8 Å². The molecular formula is C23H27FN2O2. The highest BCUT2D eigenvalue weighted by Gasteiger charge is 2.42. The van der Waals surface area contributed by atoms with Gasteiger partial charge in [-0.1, -0.05) is 24.3 Å². The van der Waals surface area contributed by atoms with E-state index < -0.39 is 0 Å². The highest BCUT2D eigenvalue weighted by molar-refractivity contribution is 5.94. The first-order valence-electron chi connectivity index (χ1n) is 9.98. The minimum atomic E-state index is -0.136. The standard InChI is InChI=1S/C23H27FN2O2/c1-28-20-8-4-7-18(14-20)22(27)26-13-11-23(17-26)10-5-12-25(16-23)15-19-6-2-3-9-21(19)24/h2-4,6-9,14H,5,10-13,15-17H2,1H3. The average Bonchev–Trinajstić information content (AvgIpc) is 3.12. The quantitative estimate of drug-likeness (QED) is 0.802. The molecule has 2 fully saturated rings. The molecule has 2 saturated heterocycles. The van der Waals surface area contributed by atoms with Crippen LogP contribution in [-0.2, 0) is 6.54 Å². The summed E-state index contributed by atoms with van der Waals surface area (Å²) >= 11 is 0. The monoisotopic (exact) mass is 382 g/mol. The van der Waals surface area contributed by atoms with Gasteiger partial charge in [-0.25, -0.2) is 4.39 Å². The molecule has 2 aliphatic heterocycles. The van der Waals surface area contributed by atoms with Crippen molar-refractivity contribution in [1.82, 2.24) is 9.80 Å². The van der Waals surface area contributed by atoms with Crippen LogP contribution in [0.5, 0.6) is 5.75 Å². The summed E-state index contributed by atoms with van der Waals surface area (Å²) in [4.78, 5) is 17.3. The number of methoxy groups -OCH3 is 1. The molecule has 1 spiro atoms. The maximum atomic E-state index is 14.0. The molecule has 148 valence electrons. The van der Waals surface area contributed by atoms with Gasteiger partial charge in [-0.15, -0.1) is 0 Å². The molecule has 2 heterocycles. The Morgan fingerprint density at radius 2 is 1.96 bits per heavy atom. The van der Waals surface area contributed by atoms with E-state index in [0.29, 0.717) is 17.9 Å². The number of carbonyl (C=O) groups excluding carboxylic acids is 1. The molecule has 28 heavy (non-hydrogen) atoms. The Balaban J connectivity index is 1.43. The number of hydrogen-bond acceptors (Lipinski definition) is 3. The number of rotatable bonds is 4. The van der Waals surface area contributed by atoms with E-state index in [4.69, 9.17) is 4.74 Å². The Kier molecular flexibility index (Phi) is 5.36. The smallest absolute Gasteiger partial charge is 0.254 e. The number of carbonyl (C=O) groups is 1. The summed E-state index contributed by atoms with van der Waals surface area (Å²) in [5.41, 5.74) is 1.55. The first kappa shape index (κ1) is 18.9. The van der Waals surface area contributed by atoms with Gasteiger partial charge in [0.15, 0.2) is 0 Å². The van der Waals surface area contributed by atoms with E-state index in [9.17, 15) is 9.18 Å². The molecule has 0 aromatic heterocycles. The van der Waals surface area contributed by atoms with Crippen LogP contribution in [0.15, 0.2) is 48.5 Å². The van der Waals surface area contributed by atoms with Crippen molar-refractivity contribution in [1.29, 1.82) is 0 Å². The van der Waals surface area contributed by atoms with E-state index in [1.54, 1.807) is 19.2 Å². The van der Waals surface area contributed by atoms with Crippen molar-refractivity contribution in [3.63, 3.8) is 0 Å². The molecule has 1 amide bonds. The molecule has 5 heteroatoms. The molecule has 4 nitrogen and oxygen atoms in total. The van der Waals surface area contributed by atoms with Crippen molar-refractivity contribution >= 4 is 5.91 Å². The zero-order chi connectivity index (χ0) is 19.6. The normalized spacial score (nSPS) is 22.6. The summed E-state index contributed by atoms with van der Waals surface area (Å²) in [6, 6.07) is 14.4. The summed E-state index contributed by atoms with van der Waals surface area (Å²) in [5, 5.41) is 0. The number of ether oxygens (including phenoxy) is 1. The van der Waals surface area contributed by atoms with Gasteiger partial charge in [0, 0.05) is 42.7 Å². The lowest BCUT2D eigenvalue weighted by molar-refractivity contribution is 0.0673. The van der Waals surface area contributed by atoms with Gasteiger partial charge in [0.1, 0.15) is 11.6 Å². The summed E-state index contributed by atoms with van der Waals surface area (Å²) in [7, 11) is 1.61. The Morgan fingerprint density at radius 1 is 1.11 bits per heavy atom. The zero-order valence-electron chi connectivity index (χ0n) is 16.4. The minimum Gasteiger partial charge on any atom is -0.497 e. The van der Waals surface area contributed by atoms with Crippen LogP contribution in [0, 0.1) is 11.2 Å². The molecule has 1 atom stereocenters. The molecule has 0 saturated carbocycles. The van der Waals surface area contributed by atoms with Gasteiger partial charge in [0.25, 0.3) is 5.91 Å². The van der Waals surface area contributed by atoms with Gasteiger partial charge < -0.3 is 9.64 Å². The molecule has 0 N–H and O–H groups in total. The van der Waals surface area contributed by atoms with Crippen LogP contribution in [0.4, 0.5) is 4.39 Å². The molecule has 0 aliphatic carbocycles. The second-order valence-electron chi connectivity index (χ2n) is 8.11. The van der Waals surface area contributed by atoms with Crippen LogP contribution >= 0.6 is 0 Å². The molecule has 0 bridgehead atoms. The molecule has 2 aromatic rings. The third-order valence-electron chi connectivity index (χ3n) is 6.13. The van der Waals surface area contributed by atoms with E-state index in [1.807, 2.05) is 35.2 Å². The summed E-state index contributed by atoms with van der Waals surface area (Å²) in [5.74, 6) is 0.638. The van der Waals surface area contributed by atoms with Gasteiger partial charge in [0.2, 0.25) is 0 Å². The fraction of sp³-hybridized carbons (Fsp3) is 0.435. The molecule has 1 unspecified atom stereocenters. The summed E-state index contributed by atoms with van der Waals surface area (Å²) < 4.78 is 19.3. The van der Waals surface area contributed by atoms with Crippen molar-refractivity contribution in [2.24, 2.45) is 5.41 Å². The van der Waals surface area contributed by atoms with E-state index in [2.05, 4.69) is 4.90 Å². The number of halogens is 1. The Hall–Kier alpha value is -2.40. The lowest BCUT2D eigenvalue weighted by Crippen LogP contribution is -2.45. The number of nitrogens with zero attached hydrogens (tertiary/aromatic N) is 2. The first-order valence-corrected chi connectivity index (χ1v) is 9.98. The second kappa shape index (κ2) is 7.92. The van der Waals surface area contributed by atoms with Gasteiger partial charge in [-0.05, 0) is 50.1 Å². The van der Waals surface area contributed by atoms with E-state index in [0.717, 1.165) is 51.0 Å². The lowest BCUT2D eigenvalue weighted by atomic mass is 9.79. The van der Waals surface area contributed by atoms with E-state index in [1.165, 1.54) is 6.07 Å². The fourth-order valence-electron chi connectivity index (χ4n) is 4.69. The Labute approximate surface area is 165 Å². The van der Waals surface area contributed by atoms with E-state index in [-0.39, 0.29) is 17.1 Å². The number of amides is 1. The number of benzene rings is 2. The fourth-order valence-corrected chi connectivity index (χ4v) is 4.69. The van der Waals surface area contributed by atoms with Gasteiger partial charge >= 0.3 is 0 Å². The molecule has 0 radical (unpaired) electrons. The second-order valence-corrected chi connectivity index (χ2v) is 8.11. The predicted molar refractivity (Wildman–Crippen MR) is 107 cm³/mol. The van der Waals surface area contributed by atoms with Crippen LogP contribution in [-0.4, -0.2) is 49.0 Å². The summed E-state index contributed by atoms with van der Waals surface area (Å²) in [6.45, 7) is 4.10. The summed E-state index contributed by atoms with van der Waals surface area (Å²) in [6.07, 6.45) is 3.23. The highest BCUT2D eigenvalue weighted by atomic mass is 19.1. The molecule has 4 rings (SSSR count). The van der Waals surface area contributed by atoms with Crippen molar-refractivity contribution in [3.05, 3.63) is 65.5 Å². The SMILES string of the molecule is COc1cccc(C(=O)N2CCC3(CCCN(Cc4ccccc4F)C3)C2)c1. The van der Waals surface area contributed by atoms with Crippen LogP contribution < -0.4 is 4.74 Å². The maximum Gasteiger partial charge on any atom is 0.254 e. The third kappa shape index (κ3) is 3.90. The lowest BCUT2D eigenvalue weighted by Gasteiger charge is -2.40. The van der Waals surface area contributed by atoms with Gasteiger partial charge in [0.05, 0.1) is 7.11 Å². The highest BCUT2D eigenvalue weighted by Crippen LogP contribution is 2.40. The van der Waals surface area contributed by atoms with Gasteiger partial charge in [-0.3, -0.25) is 9.69 Å². The first-order chi connectivity index (χ1) is 13.6. The average molecular weight is 382 g/mol. The predicted octanol–water partition coefficient (Wildman–Crippen LogP) is 3.96. The number of hydrogen-bond donors (Lipinski definition) is 0. The Bertz CT molecular complexity index is 856. The van der Waals surface area contributed by atoms with Crippen LogP contribution in [0.1, 0.15) is 35.2 Å². The Morgan fingerprint density at radius 3 is 2.79 bits per heavy atom. The van der Waals surface area contributed by atoms with Crippen LogP contribution in [0.25, 0.3) is 0 Å².